The summed E-state index contributed by atoms with van der Waals surface area (Å²) in [5, 5.41) is 5.65. The van der Waals surface area contributed by atoms with E-state index in [1.54, 1.807) is 6.33 Å². The van der Waals surface area contributed by atoms with Crippen LogP contribution >= 0.6 is 0 Å². The van der Waals surface area contributed by atoms with E-state index in [2.05, 4.69) is 64.0 Å². The maximum atomic E-state index is 13.8. The van der Waals surface area contributed by atoms with E-state index >= 15 is 0 Å². The number of H-pyrrole nitrogens is 1. The number of nitrogens with zero attached hydrogens (tertiary/aromatic N) is 6. The minimum absolute atomic E-state index is 0.0338. The Hall–Kier alpha value is -4.50. The Morgan fingerprint density at radius 1 is 0.977 bits per heavy atom. The van der Waals surface area contributed by atoms with Gasteiger partial charge in [0.2, 0.25) is 0 Å². The second-order valence-electron chi connectivity index (χ2n) is 12.2. The highest BCUT2D eigenvalue weighted by molar-refractivity contribution is 6.09. The predicted octanol–water partition coefficient (Wildman–Crippen LogP) is 5.98. The molecule has 1 N–H and O–H groups in total. The molecule has 1 amide bonds. The van der Waals surface area contributed by atoms with Gasteiger partial charge < -0.3 is 19.5 Å². The van der Waals surface area contributed by atoms with Crippen LogP contribution in [-0.2, 0) is 0 Å². The molecule has 1 saturated carbocycles. The summed E-state index contributed by atoms with van der Waals surface area (Å²) in [6.07, 6.45) is 10.3. The molecule has 0 bridgehead atoms. The largest absolute Gasteiger partial charge is 0.491 e. The molecule has 3 aromatic heterocycles. The molecular weight excluding hydrogens is 538 g/mol. The summed E-state index contributed by atoms with van der Waals surface area (Å²) < 4.78 is 8.21. The number of benzene rings is 2. The van der Waals surface area contributed by atoms with E-state index in [9.17, 15) is 4.79 Å². The van der Waals surface area contributed by atoms with Gasteiger partial charge >= 0.3 is 0 Å². The molecule has 43 heavy (non-hydrogen) atoms. The van der Waals surface area contributed by atoms with Gasteiger partial charge in [-0.05, 0) is 94.1 Å². The Labute approximate surface area is 250 Å². The van der Waals surface area contributed by atoms with Crippen molar-refractivity contribution in [2.75, 3.05) is 38.2 Å². The molecule has 0 unspecified atom stereocenters. The fraction of sp³-hybridized carbons (Fsp3) is 0.353. The number of fused-ring (bicyclic) bond motifs is 2. The number of aromatic amines is 1. The minimum Gasteiger partial charge on any atom is -0.491 e. The summed E-state index contributed by atoms with van der Waals surface area (Å²) >= 11 is 0. The molecule has 2 fully saturated rings. The second kappa shape index (κ2) is 10.3. The van der Waals surface area contributed by atoms with Crippen LogP contribution in [0.1, 0.15) is 59.1 Å². The lowest BCUT2D eigenvalue weighted by atomic mass is 10.00. The first-order valence-electron chi connectivity index (χ1n) is 15.3. The number of hydrogen-bond acceptors (Lipinski definition) is 6. The van der Waals surface area contributed by atoms with Gasteiger partial charge in [-0.25, -0.2) is 9.97 Å². The zero-order valence-corrected chi connectivity index (χ0v) is 24.6. The predicted molar refractivity (Wildman–Crippen MR) is 167 cm³/mol. The third-order valence-corrected chi connectivity index (χ3v) is 9.35. The van der Waals surface area contributed by atoms with Crippen molar-refractivity contribution in [3.8, 4) is 28.3 Å². The molecule has 9 heteroatoms. The summed E-state index contributed by atoms with van der Waals surface area (Å²) in [4.78, 5) is 30.8. The van der Waals surface area contributed by atoms with Crippen LogP contribution in [0.5, 0.6) is 5.75 Å². The van der Waals surface area contributed by atoms with Gasteiger partial charge in [-0.2, -0.15) is 5.10 Å². The summed E-state index contributed by atoms with van der Waals surface area (Å²) in [6, 6.07) is 14.7. The van der Waals surface area contributed by atoms with Crippen molar-refractivity contribution < 1.29 is 9.53 Å². The summed E-state index contributed by atoms with van der Waals surface area (Å²) in [6.45, 7) is 5.17. The Morgan fingerprint density at radius 3 is 2.67 bits per heavy atom. The second-order valence-corrected chi connectivity index (χ2v) is 12.2. The van der Waals surface area contributed by atoms with E-state index < -0.39 is 0 Å². The highest BCUT2D eigenvalue weighted by atomic mass is 16.5. The lowest BCUT2D eigenvalue weighted by Gasteiger charge is -2.28. The lowest BCUT2D eigenvalue weighted by molar-refractivity contribution is 0.0989. The number of likely N-dealkylation sites (tertiary alicyclic amines) is 1. The third-order valence-electron chi connectivity index (χ3n) is 9.35. The molecule has 0 radical (unpaired) electrons. The van der Waals surface area contributed by atoms with Crippen LogP contribution in [0.2, 0.25) is 0 Å². The van der Waals surface area contributed by atoms with Gasteiger partial charge in [0.15, 0.2) is 0 Å². The zero-order chi connectivity index (χ0) is 29.1. The van der Waals surface area contributed by atoms with Crippen LogP contribution in [0.15, 0.2) is 61.2 Å². The summed E-state index contributed by atoms with van der Waals surface area (Å²) in [5.41, 5.74) is 8.33. The molecule has 1 aliphatic carbocycles. The van der Waals surface area contributed by atoms with E-state index in [-0.39, 0.29) is 5.91 Å². The minimum atomic E-state index is -0.0338. The van der Waals surface area contributed by atoms with Crippen LogP contribution in [0.25, 0.3) is 33.5 Å². The average Bonchev–Trinajstić information content (AvgIpc) is 3.63. The number of amides is 1. The van der Waals surface area contributed by atoms with Crippen molar-refractivity contribution in [2.24, 2.45) is 0 Å². The fourth-order valence-electron chi connectivity index (χ4n) is 6.65. The lowest BCUT2D eigenvalue weighted by Crippen LogP contribution is -2.33. The number of piperidine rings is 1. The molecule has 0 atom stereocenters. The quantitative estimate of drug-likeness (QED) is 0.278. The van der Waals surface area contributed by atoms with Crippen LogP contribution in [0.3, 0.4) is 0 Å². The summed E-state index contributed by atoms with van der Waals surface area (Å²) in [5.74, 6) is 1.27. The Bertz CT molecular complexity index is 1840. The molecule has 9 nitrogen and oxygen atoms in total. The maximum Gasteiger partial charge on any atom is 0.262 e. The first kappa shape index (κ1) is 26.2. The summed E-state index contributed by atoms with van der Waals surface area (Å²) in [7, 11) is 2.18. The van der Waals surface area contributed by atoms with E-state index in [4.69, 9.17) is 14.8 Å². The third kappa shape index (κ3) is 4.68. The van der Waals surface area contributed by atoms with Crippen LogP contribution < -0.4 is 9.64 Å². The topological polar surface area (TPSA) is 92.2 Å². The molecule has 5 heterocycles. The van der Waals surface area contributed by atoms with Gasteiger partial charge in [0.05, 0.1) is 35.7 Å². The number of nitrogens with one attached hydrogen (secondary N) is 1. The average molecular weight is 574 g/mol. The van der Waals surface area contributed by atoms with Gasteiger partial charge in [0.1, 0.15) is 24.3 Å². The number of hydrogen-bond donors (Lipinski definition) is 1. The van der Waals surface area contributed by atoms with Gasteiger partial charge in [0.25, 0.3) is 5.91 Å². The molecule has 218 valence electrons. The van der Waals surface area contributed by atoms with E-state index in [0.717, 1.165) is 70.7 Å². The Morgan fingerprint density at radius 2 is 1.84 bits per heavy atom. The van der Waals surface area contributed by atoms with Gasteiger partial charge in [-0.1, -0.05) is 18.2 Å². The van der Waals surface area contributed by atoms with Gasteiger partial charge in [-0.3, -0.25) is 9.48 Å². The first-order chi connectivity index (χ1) is 21.0. The normalized spacial score (nSPS) is 18.1. The van der Waals surface area contributed by atoms with Crippen LogP contribution in [0.4, 0.5) is 5.69 Å². The van der Waals surface area contributed by atoms with Crippen LogP contribution in [-0.4, -0.2) is 68.8 Å². The van der Waals surface area contributed by atoms with Gasteiger partial charge in [0, 0.05) is 28.4 Å². The number of aromatic nitrogens is 5. The van der Waals surface area contributed by atoms with Crippen molar-refractivity contribution in [1.82, 2.24) is 29.6 Å². The number of ether oxygens (including phenoxy) is 1. The highest BCUT2D eigenvalue weighted by Crippen LogP contribution is 2.42. The monoisotopic (exact) mass is 573 g/mol. The molecule has 3 aliphatic rings. The van der Waals surface area contributed by atoms with Crippen molar-refractivity contribution in [3.63, 3.8) is 0 Å². The van der Waals surface area contributed by atoms with Crippen molar-refractivity contribution in [3.05, 3.63) is 77.9 Å². The zero-order valence-electron chi connectivity index (χ0n) is 24.6. The number of carbonyl (C=O) groups excluding carboxylic acids is 1. The van der Waals surface area contributed by atoms with Crippen molar-refractivity contribution >= 4 is 22.6 Å². The molecule has 8 rings (SSSR count). The maximum absolute atomic E-state index is 13.8. The molecule has 2 aromatic carbocycles. The Balaban J connectivity index is 1.12. The van der Waals surface area contributed by atoms with E-state index in [1.807, 2.05) is 29.3 Å². The molecule has 5 aromatic rings. The molecule has 0 spiro atoms. The number of carbonyl (C=O) groups is 1. The number of rotatable bonds is 5. The smallest absolute Gasteiger partial charge is 0.262 e. The Kier molecular flexibility index (Phi) is 6.29. The SMILES string of the molecule is Cc1c(-c2ncnc3[nH]c(-c4cnn(C5CCN(C)CC5)c4)cc23)cccc1N1CCOc2cc(C3CC3)ccc2C1=O. The van der Waals surface area contributed by atoms with Crippen molar-refractivity contribution in [2.45, 2.75) is 44.6 Å². The first-order valence-corrected chi connectivity index (χ1v) is 15.3. The molecule has 2 aliphatic heterocycles. The molecule has 1 saturated heterocycles. The standard InChI is InChI=1S/C34H35N7O2/c1-21-26(4-3-5-30(21)40-14-15-43-31-16-23(22-6-7-22)8-9-27(31)34(40)42)32-28-17-29(38-33(28)36-20-35-32)24-18-37-41(19-24)25-10-12-39(2)13-11-25/h3-5,8-9,16-20,22,25H,6-7,10-15H2,1-2H3,(H,35,36,38). The fourth-order valence-corrected chi connectivity index (χ4v) is 6.65. The van der Waals surface area contributed by atoms with E-state index in [0.29, 0.717) is 36.4 Å². The number of anilines is 1. The van der Waals surface area contributed by atoms with Crippen molar-refractivity contribution in [1.29, 1.82) is 0 Å². The van der Waals surface area contributed by atoms with Crippen LogP contribution in [0, 0.1) is 6.92 Å². The highest BCUT2D eigenvalue weighted by Gasteiger charge is 2.30. The van der Waals surface area contributed by atoms with Gasteiger partial charge in [-0.15, -0.1) is 0 Å². The molecular formula is C34H35N7O2. The van der Waals surface area contributed by atoms with E-state index in [1.165, 1.54) is 18.4 Å².